The molecule has 0 heterocycles. The van der Waals surface area contributed by atoms with Gasteiger partial charge in [-0.3, -0.25) is 0 Å². The molecule has 5 aliphatic rings. The second-order valence-corrected chi connectivity index (χ2v) is 14.8. The minimum Gasteiger partial charge on any atom is -0.389 e. The Balaban J connectivity index is 1.64. The van der Waals surface area contributed by atoms with Crippen molar-refractivity contribution >= 4 is 0 Å². The van der Waals surface area contributed by atoms with E-state index in [9.17, 15) is 5.11 Å². The first-order valence-electron chi connectivity index (χ1n) is 13.7. The Morgan fingerprint density at radius 3 is 2.26 bits per heavy atom. The van der Waals surface area contributed by atoms with E-state index in [1.807, 2.05) is 0 Å². The zero-order valence-electron chi connectivity index (χ0n) is 21.9. The van der Waals surface area contributed by atoms with E-state index in [4.69, 9.17) is 0 Å². The molecule has 176 valence electrons. The van der Waals surface area contributed by atoms with Crippen molar-refractivity contribution in [2.24, 2.45) is 56.7 Å². The number of hydrogen-bond donors (Lipinski definition) is 1. The van der Waals surface area contributed by atoms with Gasteiger partial charge in [-0.05, 0) is 102 Å². The fourth-order valence-electron chi connectivity index (χ4n) is 11.1. The quantitative estimate of drug-likeness (QED) is 0.389. The third kappa shape index (κ3) is 2.71. The van der Waals surface area contributed by atoms with Crippen molar-refractivity contribution in [3.05, 3.63) is 11.6 Å². The second-order valence-electron chi connectivity index (χ2n) is 14.8. The van der Waals surface area contributed by atoms with Gasteiger partial charge in [-0.2, -0.15) is 0 Å². The van der Waals surface area contributed by atoms with Gasteiger partial charge in [0.2, 0.25) is 0 Å². The van der Waals surface area contributed by atoms with Crippen LogP contribution in [0.5, 0.6) is 0 Å². The van der Waals surface area contributed by atoms with Crippen LogP contribution < -0.4 is 0 Å². The summed E-state index contributed by atoms with van der Waals surface area (Å²) in [5, 5.41) is 11.9. The molecule has 1 N–H and O–H groups in total. The van der Waals surface area contributed by atoms with E-state index < -0.39 is 0 Å². The van der Waals surface area contributed by atoms with E-state index in [1.54, 1.807) is 5.57 Å². The van der Waals surface area contributed by atoms with Crippen molar-refractivity contribution in [3.63, 3.8) is 0 Å². The highest BCUT2D eigenvalue weighted by molar-refractivity contribution is 5.35. The molecule has 4 saturated carbocycles. The molecule has 0 aromatic rings. The summed E-state index contributed by atoms with van der Waals surface area (Å²) in [7, 11) is 0. The molecule has 0 aliphatic heterocycles. The van der Waals surface area contributed by atoms with Crippen molar-refractivity contribution in [1.29, 1.82) is 0 Å². The van der Waals surface area contributed by atoms with Crippen LogP contribution in [-0.4, -0.2) is 11.2 Å². The summed E-state index contributed by atoms with van der Waals surface area (Å²) in [6.45, 7) is 20.5. The molecule has 31 heavy (non-hydrogen) atoms. The lowest BCUT2D eigenvalue weighted by atomic mass is 9.33. The monoisotopic (exact) mass is 426 g/mol. The topological polar surface area (TPSA) is 20.2 Å². The molecule has 1 heteroatoms. The molecule has 4 fully saturated rings. The van der Waals surface area contributed by atoms with Crippen LogP contribution in [0, 0.1) is 56.7 Å². The first-order chi connectivity index (χ1) is 14.3. The minimum absolute atomic E-state index is 0.219. The minimum atomic E-state index is -0.262. The SMILES string of the molecule is C[C@@H]1CC[C@]2(C)CC[C@]3(C)C(=C[C@H](O)C4[C@@]5(C)CCCC(C)(C)C5CC[C@]43C)C2[C@H]1C. The average molecular weight is 427 g/mol. The lowest BCUT2D eigenvalue weighted by Gasteiger charge is -2.72. The molecule has 3 unspecified atom stereocenters. The van der Waals surface area contributed by atoms with Crippen molar-refractivity contribution in [2.45, 2.75) is 119 Å². The van der Waals surface area contributed by atoms with E-state index in [0.29, 0.717) is 22.7 Å². The molecule has 0 saturated heterocycles. The van der Waals surface area contributed by atoms with Gasteiger partial charge < -0.3 is 5.11 Å². The summed E-state index contributed by atoms with van der Waals surface area (Å²) in [5.74, 6) is 3.36. The Kier molecular flexibility index (Phi) is 4.82. The van der Waals surface area contributed by atoms with Gasteiger partial charge in [-0.15, -0.1) is 0 Å². The van der Waals surface area contributed by atoms with Gasteiger partial charge in [0.05, 0.1) is 6.10 Å². The summed E-state index contributed by atoms with van der Waals surface area (Å²) in [6, 6.07) is 0. The molecule has 0 amide bonds. The molecule has 0 bridgehead atoms. The Morgan fingerprint density at radius 2 is 1.55 bits per heavy atom. The molecule has 0 radical (unpaired) electrons. The second kappa shape index (κ2) is 6.64. The van der Waals surface area contributed by atoms with Crippen LogP contribution in [-0.2, 0) is 0 Å². The average Bonchev–Trinajstić information content (AvgIpc) is 2.66. The summed E-state index contributed by atoms with van der Waals surface area (Å²) in [6.07, 6.45) is 14.3. The molecule has 0 aromatic carbocycles. The first kappa shape index (κ1) is 22.5. The summed E-state index contributed by atoms with van der Waals surface area (Å²) in [5.41, 5.74) is 3.28. The van der Waals surface area contributed by atoms with Crippen LogP contribution in [0.3, 0.4) is 0 Å². The highest BCUT2D eigenvalue weighted by atomic mass is 16.3. The van der Waals surface area contributed by atoms with Gasteiger partial charge in [-0.25, -0.2) is 0 Å². The van der Waals surface area contributed by atoms with E-state index in [1.165, 1.54) is 57.8 Å². The van der Waals surface area contributed by atoms with Gasteiger partial charge >= 0.3 is 0 Å². The molecule has 1 nitrogen and oxygen atoms in total. The van der Waals surface area contributed by atoms with Gasteiger partial charge in [0.15, 0.2) is 0 Å². The lowest BCUT2D eigenvalue weighted by Crippen LogP contribution is -2.66. The maximum absolute atomic E-state index is 11.9. The van der Waals surface area contributed by atoms with Crippen LogP contribution in [0.1, 0.15) is 113 Å². The van der Waals surface area contributed by atoms with Gasteiger partial charge in [0, 0.05) is 5.92 Å². The molecule has 10 atom stereocenters. The number of hydrogen-bond acceptors (Lipinski definition) is 1. The summed E-state index contributed by atoms with van der Waals surface area (Å²) < 4.78 is 0. The highest BCUT2D eigenvalue weighted by Gasteiger charge is 2.69. The molecule has 0 spiro atoms. The summed E-state index contributed by atoms with van der Waals surface area (Å²) >= 11 is 0. The third-order valence-corrected chi connectivity index (χ3v) is 13.1. The Morgan fingerprint density at radius 1 is 0.839 bits per heavy atom. The Labute approximate surface area is 192 Å². The van der Waals surface area contributed by atoms with Crippen LogP contribution in [0.4, 0.5) is 0 Å². The maximum Gasteiger partial charge on any atom is 0.0762 e. The molecular weight excluding hydrogens is 376 g/mol. The van der Waals surface area contributed by atoms with Crippen LogP contribution >= 0.6 is 0 Å². The van der Waals surface area contributed by atoms with E-state index in [-0.39, 0.29) is 22.3 Å². The zero-order valence-corrected chi connectivity index (χ0v) is 21.9. The van der Waals surface area contributed by atoms with Crippen LogP contribution in [0.2, 0.25) is 0 Å². The van der Waals surface area contributed by atoms with Crippen molar-refractivity contribution in [3.8, 4) is 0 Å². The Bertz CT molecular complexity index is 779. The normalized spacial score (nSPS) is 58.3. The van der Waals surface area contributed by atoms with Gasteiger partial charge in [-0.1, -0.05) is 73.5 Å². The van der Waals surface area contributed by atoms with E-state index in [2.05, 4.69) is 61.5 Å². The van der Waals surface area contributed by atoms with Crippen molar-refractivity contribution in [1.82, 2.24) is 0 Å². The number of allylic oxidation sites excluding steroid dienone is 1. The summed E-state index contributed by atoms with van der Waals surface area (Å²) in [4.78, 5) is 0. The van der Waals surface area contributed by atoms with Crippen LogP contribution in [0.15, 0.2) is 11.6 Å². The van der Waals surface area contributed by atoms with Gasteiger partial charge in [0.25, 0.3) is 0 Å². The highest BCUT2D eigenvalue weighted by Crippen LogP contribution is 2.75. The third-order valence-electron chi connectivity index (χ3n) is 13.1. The smallest absolute Gasteiger partial charge is 0.0762 e. The predicted molar refractivity (Wildman–Crippen MR) is 131 cm³/mol. The zero-order chi connectivity index (χ0) is 22.6. The van der Waals surface area contributed by atoms with Crippen molar-refractivity contribution in [2.75, 3.05) is 0 Å². The van der Waals surface area contributed by atoms with Crippen LogP contribution in [0.25, 0.3) is 0 Å². The lowest BCUT2D eigenvalue weighted by molar-refractivity contribution is -0.207. The standard InChI is InChI=1S/C30H50O/c1-19-10-14-27(5)16-17-29(7)21(24(27)20(19)2)18-22(31)25-28(6)13-9-12-26(3,4)23(28)11-15-30(25,29)8/h18-20,22-25,31H,9-17H2,1-8H3/t19-,20+,22+,23?,24?,25?,27-,28+,29-,30-/m1/s1. The van der Waals surface area contributed by atoms with Gasteiger partial charge in [0.1, 0.15) is 0 Å². The maximum atomic E-state index is 11.9. The number of fused-ring (bicyclic) bond motifs is 7. The van der Waals surface area contributed by atoms with E-state index in [0.717, 1.165) is 17.8 Å². The largest absolute Gasteiger partial charge is 0.389 e. The first-order valence-corrected chi connectivity index (χ1v) is 13.7. The number of rotatable bonds is 0. The molecule has 0 aromatic heterocycles. The molecule has 5 rings (SSSR count). The molecular formula is C30H50O. The fraction of sp³-hybridized carbons (Fsp3) is 0.933. The molecule has 5 aliphatic carbocycles. The Hall–Kier alpha value is -0.300. The fourth-order valence-corrected chi connectivity index (χ4v) is 11.1. The predicted octanol–water partition coefficient (Wildman–Crippen LogP) is 8.02. The number of aliphatic hydroxyl groups is 1. The van der Waals surface area contributed by atoms with Crippen molar-refractivity contribution < 1.29 is 5.11 Å². The van der Waals surface area contributed by atoms with E-state index >= 15 is 0 Å². The number of aliphatic hydroxyl groups excluding tert-OH is 1.